The van der Waals surface area contributed by atoms with E-state index in [4.69, 9.17) is 17.3 Å². The fraction of sp³-hybridized carbons (Fsp3) is 0.357. The lowest BCUT2D eigenvalue weighted by molar-refractivity contribution is 0.472. The van der Waals surface area contributed by atoms with Crippen molar-refractivity contribution in [1.82, 2.24) is 9.71 Å². The summed E-state index contributed by atoms with van der Waals surface area (Å²) in [5.74, 6) is 0.0417. The first-order valence-corrected chi connectivity index (χ1v) is 8.47. The summed E-state index contributed by atoms with van der Waals surface area (Å²) in [5, 5.41) is 1.45. The van der Waals surface area contributed by atoms with Crippen LogP contribution in [0.25, 0.3) is 10.8 Å². The molecule has 2 aromatic rings. The molecule has 0 aliphatic rings. The molecule has 21 heavy (non-hydrogen) atoms. The molecule has 0 saturated heterocycles. The van der Waals surface area contributed by atoms with Crippen LogP contribution in [0.2, 0.25) is 5.15 Å². The van der Waals surface area contributed by atoms with E-state index in [1.165, 1.54) is 6.20 Å². The van der Waals surface area contributed by atoms with Crippen molar-refractivity contribution in [3.8, 4) is 0 Å². The number of rotatable bonds is 5. The summed E-state index contributed by atoms with van der Waals surface area (Å²) in [5.41, 5.74) is 5.75. The number of nitrogens with two attached hydrogens (primary N) is 1. The minimum atomic E-state index is -3.62. The highest BCUT2D eigenvalue weighted by atomic mass is 35.5. The third-order valence-electron chi connectivity index (χ3n) is 3.50. The largest absolute Gasteiger partial charge is 0.328 e. The van der Waals surface area contributed by atoms with Gasteiger partial charge in [0, 0.05) is 29.6 Å². The van der Waals surface area contributed by atoms with Crippen molar-refractivity contribution in [2.75, 3.05) is 6.54 Å². The summed E-state index contributed by atoms with van der Waals surface area (Å²) in [6, 6.07) is 6.51. The number of sulfonamides is 1. The Kier molecular flexibility index (Phi) is 4.83. The number of halogens is 1. The number of hydrogen-bond donors (Lipinski definition) is 2. The lowest BCUT2D eigenvalue weighted by Gasteiger charge is -2.16. The zero-order valence-electron chi connectivity index (χ0n) is 11.9. The summed E-state index contributed by atoms with van der Waals surface area (Å²) in [6.07, 6.45) is 1.49. The third kappa shape index (κ3) is 3.52. The Morgan fingerprint density at radius 2 is 2.00 bits per heavy atom. The molecule has 0 bridgehead atoms. The number of benzene rings is 1. The van der Waals surface area contributed by atoms with E-state index in [9.17, 15) is 8.42 Å². The lowest BCUT2D eigenvalue weighted by atomic mass is 10.1. The Bertz CT molecular complexity index is 747. The van der Waals surface area contributed by atoms with Crippen molar-refractivity contribution in [3.63, 3.8) is 0 Å². The van der Waals surface area contributed by atoms with Crippen LogP contribution in [-0.4, -0.2) is 26.0 Å². The molecule has 0 amide bonds. The van der Waals surface area contributed by atoms with Crippen LogP contribution >= 0.6 is 11.6 Å². The molecule has 1 heterocycles. The predicted octanol–water partition coefficient (Wildman–Crippen LogP) is 2.15. The van der Waals surface area contributed by atoms with Crippen molar-refractivity contribution in [1.29, 1.82) is 0 Å². The van der Waals surface area contributed by atoms with Gasteiger partial charge in [0.15, 0.2) is 0 Å². The van der Waals surface area contributed by atoms with E-state index in [1.54, 1.807) is 24.3 Å². The molecule has 0 aliphatic heterocycles. The summed E-state index contributed by atoms with van der Waals surface area (Å²) >= 11 is 6.01. The molecule has 5 nitrogen and oxygen atoms in total. The van der Waals surface area contributed by atoms with Crippen LogP contribution in [0.4, 0.5) is 0 Å². The average Bonchev–Trinajstić information content (AvgIpc) is 2.44. The minimum Gasteiger partial charge on any atom is -0.328 e. The number of aromatic nitrogens is 1. The maximum atomic E-state index is 12.5. The van der Waals surface area contributed by atoms with Gasteiger partial charge in [-0.1, -0.05) is 30.7 Å². The van der Waals surface area contributed by atoms with Gasteiger partial charge in [-0.05, 0) is 25.0 Å². The Morgan fingerprint density at radius 3 is 2.67 bits per heavy atom. The first kappa shape index (κ1) is 16.2. The number of nitrogens with zero attached hydrogens (tertiary/aromatic N) is 1. The molecule has 0 saturated carbocycles. The van der Waals surface area contributed by atoms with Crippen LogP contribution in [0, 0.1) is 5.92 Å². The van der Waals surface area contributed by atoms with Crippen molar-refractivity contribution >= 4 is 32.4 Å². The van der Waals surface area contributed by atoms with Gasteiger partial charge in [0.05, 0.1) is 4.90 Å². The number of hydrogen-bond acceptors (Lipinski definition) is 4. The van der Waals surface area contributed by atoms with E-state index >= 15 is 0 Å². The van der Waals surface area contributed by atoms with Crippen molar-refractivity contribution < 1.29 is 8.42 Å². The summed E-state index contributed by atoms with van der Waals surface area (Å²) in [6.45, 7) is 4.04. The molecule has 2 rings (SSSR count). The highest BCUT2D eigenvalue weighted by Crippen LogP contribution is 2.26. The highest BCUT2D eigenvalue weighted by Gasteiger charge is 2.19. The first-order chi connectivity index (χ1) is 9.83. The molecule has 114 valence electrons. The predicted molar refractivity (Wildman–Crippen MR) is 84.8 cm³/mol. The second-order valence-corrected chi connectivity index (χ2v) is 7.23. The minimum absolute atomic E-state index is 0.0417. The van der Waals surface area contributed by atoms with Crippen LogP contribution < -0.4 is 10.5 Å². The Balaban J connectivity index is 2.39. The molecule has 1 aromatic heterocycles. The smallest absolute Gasteiger partial charge is 0.241 e. The van der Waals surface area contributed by atoms with Crippen LogP contribution in [0.15, 0.2) is 35.4 Å². The summed E-state index contributed by atoms with van der Waals surface area (Å²) in [7, 11) is -3.62. The Hall–Kier alpha value is -1.21. The zero-order chi connectivity index (χ0) is 15.6. The first-order valence-electron chi connectivity index (χ1n) is 6.61. The van der Waals surface area contributed by atoms with Gasteiger partial charge in [0.1, 0.15) is 5.15 Å². The van der Waals surface area contributed by atoms with Gasteiger partial charge in [-0.25, -0.2) is 18.1 Å². The Labute approximate surface area is 129 Å². The Morgan fingerprint density at radius 1 is 1.29 bits per heavy atom. The number of fused-ring (bicyclic) bond motifs is 1. The van der Waals surface area contributed by atoms with Crippen LogP contribution in [0.5, 0.6) is 0 Å². The summed E-state index contributed by atoms with van der Waals surface area (Å²) < 4.78 is 27.5. The van der Waals surface area contributed by atoms with Crippen LogP contribution in [-0.2, 0) is 10.0 Å². The van der Waals surface area contributed by atoms with E-state index in [0.29, 0.717) is 10.8 Å². The normalized spacial score (nSPS) is 15.0. The van der Waals surface area contributed by atoms with E-state index in [0.717, 1.165) is 0 Å². The fourth-order valence-electron chi connectivity index (χ4n) is 1.88. The molecule has 7 heteroatoms. The van der Waals surface area contributed by atoms with Crippen molar-refractivity contribution in [2.24, 2.45) is 11.7 Å². The standard InChI is InChI=1S/C14H18ClN3O2S/c1-9(10(2)16)8-18-21(19,20)13-5-3-4-12-11(13)6-7-17-14(12)15/h3-7,9-10,18H,8,16H2,1-2H3. The molecular weight excluding hydrogens is 310 g/mol. The molecule has 3 N–H and O–H groups in total. The van der Waals surface area contributed by atoms with Gasteiger partial charge in [0.25, 0.3) is 0 Å². The van der Waals surface area contributed by atoms with Crippen LogP contribution in [0.3, 0.4) is 0 Å². The van der Waals surface area contributed by atoms with E-state index in [-0.39, 0.29) is 28.6 Å². The maximum absolute atomic E-state index is 12.5. The summed E-state index contributed by atoms with van der Waals surface area (Å²) in [4.78, 5) is 4.16. The molecule has 1 aromatic carbocycles. The molecule has 0 spiro atoms. The number of pyridine rings is 1. The molecular formula is C14H18ClN3O2S. The molecule has 0 radical (unpaired) electrons. The molecule has 2 unspecified atom stereocenters. The third-order valence-corrected chi connectivity index (χ3v) is 5.28. The quantitative estimate of drug-likeness (QED) is 0.824. The van der Waals surface area contributed by atoms with Gasteiger partial charge >= 0.3 is 0 Å². The second kappa shape index (κ2) is 6.27. The van der Waals surface area contributed by atoms with Gasteiger partial charge in [0.2, 0.25) is 10.0 Å². The van der Waals surface area contributed by atoms with Gasteiger partial charge in [-0.3, -0.25) is 0 Å². The highest BCUT2D eigenvalue weighted by molar-refractivity contribution is 7.89. The van der Waals surface area contributed by atoms with Gasteiger partial charge < -0.3 is 5.73 Å². The zero-order valence-corrected chi connectivity index (χ0v) is 13.4. The monoisotopic (exact) mass is 327 g/mol. The molecule has 2 atom stereocenters. The van der Waals surface area contributed by atoms with E-state index < -0.39 is 10.0 Å². The average molecular weight is 328 g/mol. The van der Waals surface area contributed by atoms with Crippen molar-refractivity contribution in [2.45, 2.75) is 24.8 Å². The van der Waals surface area contributed by atoms with Crippen molar-refractivity contribution in [3.05, 3.63) is 35.6 Å². The van der Waals surface area contributed by atoms with Gasteiger partial charge in [-0.15, -0.1) is 0 Å². The lowest BCUT2D eigenvalue weighted by Crippen LogP contribution is -2.36. The van der Waals surface area contributed by atoms with Gasteiger partial charge in [-0.2, -0.15) is 0 Å². The maximum Gasteiger partial charge on any atom is 0.241 e. The molecule has 0 aliphatic carbocycles. The fourth-order valence-corrected chi connectivity index (χ4v) is 3.47. The van der Waals surface area contributed by atoms with E-state index in [2.05, 4.69) is 9.71 Å². The number of nitrogens with one attached hydrogen (secondary N) is 1. The molecule has 0 fully saturated rings. The van der Waals surface area contributed by atoms with E-state index in [1.807, 2.05) is 13.8 Å². The van der Waals surface area contributed by atoms with Crippen LogP contribution in [0.1, 0.15) is 13.8 Å². The topological polar surface area (TPSA) is 85.1 Å². The second-order valence-electron chi connectivity index (χ2n) is 5.14. The SMILES string of the molecule is CC(N)C(C)CNS(=O)(=O)c1cccc2c(Cl)nccc12.